The van der Waals surface area contributed by atoms with Gasteiger partial charge >= 0.3 is 0 Å². The molecule has 5 heteroatoms. The molecule has 0 spiro atoms. The van der Waals surface area contributed by atoms with Crippen LogP contribution in [0.15, 0.2) is 8.13 Å². The van der Waals surface area contributed by atoms with Crippen LogP contribution in [0.5, 0.6) is 0 Å². The quantitative estimate of drug-likeness (QED) is 0.708. The minimum Gasteiger partial charge on any atom is -0.292 e. The lowest BCUT2D eigenvalue weighted by Crippen LogP contribution is -2.06. The molecule has 58 valence electrons. The molecule has 0 saturated carbocycles. The van der Waals surface area contributed by atoms with Gasteiger partial charge in [-0.3, -0.25) is 4.79 Å². The number of Topliss-reactive ketones (excluding diaryl/α,β-unsaturated/α-hetero) is 1. The van der Waals surface area contributed by atoms with Crippen LogP contribution in [0.1, 0.15) is 16.9 Å². The van der Waals surface area contributed by atoms with Gasteiger partial charge < -0.3 is 0 Å². The van der Waals surface area contributed by atoms with Crippen molar-refractivity contribution in [2.45, 2.75) is 10.6 Å². The predicted octanol–water partition coefficient (Wildman–Crippen LogP) is 2.58. The minimum atomic E-state index is 0.181. The summed E-state index contributed by atoms with van der Waals surface area (Å²) in [7, 11) is 0. The number of aromatic nitrogens is 1. The molecular formula is C6H4BrNOS2. The van der Waals surface area contributed by atoms with Crippen LogP contribution < -0.4 is 0 Å². The van der Waals surface area contributed by atoms with E-state index < -0.39 is 0 Å². The monoisotopic (exact) mass is 249 g/mol. The zero-order valence-electron chi connectivity index (χ0n) is 5.46. The Kier molecular flexibility index (Phi) is 2.03. The molecule has 0 aliphatic carbocycles. The summed E-state index contributed by atoms with van der Waals surface area (Å²) >= 11 is 6.52. The highest BCUT2D eigenvalue weighted by atomic mass is 79.9. The van der Waals surface area contributed by atoms with Crippen molar-refractivity contribution >= 4 is 44.8 Å². The molecule has 0 bridgehead atoms. The maximum Gasteiger partial charge on any atom is 0.184 e. The molecule has 0 aromatic carbocycles. The molecule has 0 amide bonds. The number of halogens is 1. The molecule has 0 unspecified atom stereocenters. The average molecular weight is 250 g/mol. The van der Waals surface area contributed by atoms with Gasteiger partial charge in [-0.15, -0.1) is 11.8 Å². The number of thioether (sulfide) groups is 1. The van der Waals surface area contributed by atoms with E-state index in [2.05, 4.69) is 20.9 Å². The second kappa shape index (κ2) is 2.88. The first-order valence-corrected chi connectivity index (χ1v) is 5.69. The maximum atomic E-state index is 11.2. The van der Waals surface area contributed by atoms with Gasteiger partial charge in [-0.2, -0.15) is 0 Å². The number of fused-ring (bicyclic) bond motifs is 1. The topological polar surface area (TPSA) is 30.0 Å². The highest BCUT2D eigenvalue weighted by Gasteiger charge is 2.21. The van der Waals surface area contributed by atoms with Crippen molar-refractivity contribution in [2.24, 2.45) is 0 Å². The van der Waals surface area contributed by atoms with E-state index in [9.17, 15) is 4.79 Å². The van der Waals surface area contributed by atoms with Crippen LogP contribution in [0.3, 0.4) is 0 Å². The molecule has 0 radical (unpaired) electrons. The lowest BCUT2D eigenvalue weighted by Gasteiger charge is -2.05. The summed E-state index contributed by atoms with van der Waals surface area (Å²) in [5.74, 6) is 1.08. The van der Waals surface area contributed by atoms with Crippen LogP contribution in [-0.2, 0) is 0 Å². The van der Waals surface area contributed by atoms with E-state index in [1.807, 2.05) is 0 Å². The summed E-state index contributed by atoms with van der Waals surface area (Å²) in [5.41, 5.74) is 0.665. The van der Waals surface area contributed by atoms with E-state index in [4.69, 9.17) is 0 Å². The van der Waals surface area contributed by atoms with Crippen molar-refractivity contribution in [3.63, 3.8) is 0 Å². The van der Waals surface area contributed by atoms with Gasteiger partial charge in [0.2, 0.25) is 0 Å². The number of thiazole rings is 1. The van der Waals surface area contributed by atoms with Gasteiger partial charge in [-0.1, -0.05) is 11.3 Å². The van der Waals surface area contributed by atoms with Gasteiger partial charge in [0.15, 0.2) is 9.70 Å². The Labute approximate surface area is 80.5 Å². The molecule has 1 aromatic heterocycles. The number of nitrogens with zero attached hydrogens (tertiary/aromatic N) is 1. The average Bonchev–Trinajstić information content (AvgIpc) is 2.31. The second-order valence-electron chi connectivity index (χ2n) is 2.12. The van der Waals surface area contributed by atoms with E-state index in [1.54, 1.807) is 23.1 Å². The third-order valence-electron chi connectivity index (χ3n) is 1.40. The Balaban J connectivity index is 2.52. The van der Waals surface area contributed by atoms with E-state index in [1.165, 1.54) is 0 Å². The zero-order chi connectivity index (χ0) is 7.84. The summed E-state index contributed by atoms with van der Waals surface area (Å²) in [6.07, 6.45) is 0.633. The zero-order valence-corrected chi connectivity index (χ0v) is 8.68. The molecule has 2 rings (SSSR count). The molecule has 0 saturated heterocycles. The molecule has 0 N–H and O–H groups in total. The fourth-order valence-electron chi connectivity index (χ4n) is 0.910. The highest BCUT2D eigenvalue weighted by molar-refractivity contribution is 9.11. The molecule has 0 atom stereocenters. The summed E-state index contributed by atoms with van der Waals surface area (Å²) in [4.78, 5) is 15.3. The predicted molar refractivity (Wildman–Crippen MR) is 49.5 cm³/mol. The molecule has 1 aliphatic heterocycles. The number of carbonyl (C=O) groups is 1. The summed E-state index contributed by atoms with van der Waals surface area (Å²) in [6, 6.07) is 0. The molecule has 2 nitrogen and oxygen atoms in total. The van der Waals surface area contributed by atoms with Gasteiger partial charge in [0.1, 0.15) is 5.69 Å². The molecule has 1 aromatic rings. The number of rotatable bonds is 0. The van der Waals surface area contributed by atoms with Gasteiger partial charge in [0.05, 0.1) is 4.21 Å². The van der Waals surface area contributed by atoms with Crippen LogP contribution in [0, 0.1) is 0 Å². The van der Waals surface area contributed by atoms with Crippen LogP contribution in [0.25, 0.3) is 0 Å². The molecule has 0 fully saturated rings. The van der Waals surface area contributed by atoms with Gasteiger partial charge in [0, 0.05) is 12.2 Å². The van der Waals surface area contributed by atoms with Crippen molar-refractivity contribution < 1.29 is 4.79 Å². The maximum absolute atomic E-state index is 11.2. The summed E-state index contributed by atoms with van der Waals surface area (Å²) in [6.45, 7) is 0. The normalized spacial score (nSPS) is 16.6. The Morgan fingerprint density at radius 3 is 3.09 bits per heavy atom. The third-order valence-corrected chi connectivity index (χ3v) is 4.17. The van der Waals surface area contributed by atoms with Gasteiger partial charge in [-0.25, -0.2) is 4.98 Å². The largest absolute Gasteiger partial charge is 0.292 e. The van der Waals surface area contributed by atoms with Gasteiger partial charge in [0.25, 0.3) is 0 Å². The Hall–Kier alpha value is 0.130. The molecule has 2 heterocycles. The first-order valence-electron chi connectivity index (χ1n) is 3.09. The van der Waals surface area contributed by atoms with Gasteiger partial charge in [-0.05, 0) is 15.9 Å². The number of hydrogen-bond acceptors (Lipinski definition) is 4. The Morgan fingerprint density at radius 1 is 1.55 bits per heavy atom. The van der Waals surface area contributed by atoms with E-state index in [-0.39, 0.29) is 5.78 Å². The van der Waals surface area contributed by atoms with Crippen molar-refractivity contribution in [3.8, 4) is 0 Å². The van der Waals surface area contributed by atoms with Crippen molar-refractivity contribution in [3.05, 3.63) is 9.61 Å². The lowest BCUT2D eigenvalue weighted by molar-refractivity contribution is 0.0981. The summed E-state index contributed by atoms with van der Waals surface area (Å²) < 4.78 is 1.87. The first-order chi connectivity index (χ1) is 5.27. The Bertz CT molecular complexity index is 310. The summed E-state index contributed by atoms with van der Waals surface area (Å²) in [5, 5.41) is 0. The fraction of sp³-hybridized carbons (Fsp3) is 0.333. The lowest BCUT2D eigenvalue weighted by atomic mass is 10.2. The number of ketones is 1. The van der Waals surface area contributed by atoms with Crippen LogP contribution in [-0.4, -0.2) is 16.5 Å². The third kappa shape index (κ3) is 1.37. The SMILES string of the molecule is O=C1CCSc2sc(Br)nc21. The van der Waals surface area contributed by atoms with Crippen LogP contribution in [0.2, 0.25) is 0 Å². The van der Waals surface area contributed by atoms with Crippen LogP contribution >= 0.6 is 39.0 Å². The smallest absolute Gasteiger partial charge is 0.184 e. The molecule has 1 aliphatic rings. The standard InChI is InChI=1S/C6H4BrNOS2/c7-6-8-4-3(9)1-2-10-5(4)11-6/h1-2H2. The number of carbonyl (C=O) groups excluding carboxylic acids is 1. The van der Waals surface area contributed by atoms with E-state index >= 15 is 0 Å². The van der Waals surface area contributed by atoms with Crippen molar-refractivity contribution in [2.75, 3.05) is 5.75 Å². The van der Waals surface area contributed by atoms with E-state index in [0.717, 1.165) is 13.9 Å². The minimum absolute atomic E-state index is 0.181. The Morgan fingerprint density at radius 2 is 2.36 bits per heavy atom. The van der Waals surface area contributed by atoms with E-state index in [0.29, 0.717) is 12.1 Å². The number of hydrogen-bond donors (Lipinski definition) is 0. The van der Waals surface area contributed by atoms with Crippen molar-refractivity contribution in [1.29, 1.82) is 0 Å². The first kappa shape index (κ1) is 7.76. The molecule has 11 heavy (non-hydrogen) atoms. The van der Waals surface area contributed by atoms with Crippen LogP contribution in [0.4, 0.5) is 0 Å². The van der Waals surface area contributed by atoms with Crippen molar-refractivity contribution in [1.82, 2.24) is 4.98 Å². The molecular weight excluding hydrogens is 246 g/mol. The highest BCUT2D eigenvalue weighted by Crippen LogP contribution is 2.36. The fourth-order valence-corrected chi connectivity index (χ4v) is 3.93. The second-order valence-corrected chi connectivity index (χ2v) is 5.76.